The summed E-state index contributed by atoms with van der Waals surface area (Å²) in [6, 6.07) is 14.0. The first-order valence-electron chi connectivity index (χ1n) is 7.60. The predicted octanol–water partition coefficient (Wildman–Crippen LogP) is 4.10. The number of benzene rings is 2. The number of hydrogen-bond donors (Lipinski definition) is 0. The fraction of sp³-hybridized carbons (Fsp3) is 0.222. The lowest BCUT2D eigenvalue weighted by atomic mass is 10.2. The summed E-state index contributed by atoms with van der Waals surface area (Å²) in [5.41, 5.74) is 3.02. The number of methoxy groups -OCH3 is 1. The maximum absolute atomic E-state index is 11.8. The van der Waals surface area contributed by atoms with Gasteiger partial charge in [-0.2, -0.15) is 0 Å². The second-order valence-corrected chi connectivity index (χ2v) is 6.58. The minimum Gasteiger partial charge on any atom is -0.497 e. The van der Waals surface area contributed by atoms with Crippen molar-refractivity contribution in [2.75, 3.05) is 18.6 Å². The van der Waals surface area contributed by atoms with Crippen LogP contribution in [0.3, 0.4) is 0 Å². The first-order chi connectivity index (χ1) is 11.2. The van der Waals surface area contributed by atoms with Crippen LogP contribution in [0.2, 0.25) is 0 Å². The molecular weight excluding hydrogens is 308 g/mol. The number of hydrogen-bond acceptors (Lipinski definition) is 4. The Morgan fingerprint density at radius 3 is 2.70 bits per heavy atom. The van der Waals surface area contributed by atoms with Crippen molar-refractivity contribution >= 4 is 33.1 Å². The molecule has 4 nitrogen and oxygen atoms in total. The van der Waals surface area contributed by atoms with Gasteiger partial charge in [0.25, 0.3) is 0 Å². The molecule has 0 spiro atoms. The largest absolute Gasteiger partial charge is 0.497 e. The van der Waals surface area contributed by atoms with E-state index in [9.17, 15) is 4.79 Å². The van der Waals surface area contributed by atoms with Gasteiger partial charge in [-0.3, -0.25) is 4.79 Å². The zero-order valence-corrected chi connectivity index (χ0v) is 13.6. The number of thiazole rings is 1. The van der Waals surface area contributed by atoms with Crippen molar-refractivity contribution in [3.63, 3.8) is 0 Å². The van der Waals surface area contributed by atoms with Gasteiger partial charge in [0.1, 0.15) is 10.8 Å². The molecule has 1 aliphatic rings. The molecule has 0 unspecified atom stereocenters. The van der Waals surface area contributed by atoms with Gasteiger partial charge in [-0.05, 0) is 48.9 Å². The van der Waals surface area contributed by atoms with Crippen LogP contribution in [0.4, 0.5) is 5.69 Å². The first kappa shape index (κ1) is 14.2. The van der Waals surface area contributed by atoms with Gasteiger partial charge in [0.2, 0.25) is 5.91 Å². The van der Waals surface area contributed by atoms with E-state index in [1.54, 1.807) is 18.4 Å². The van der Waals surface area contributed by atoms with Crippen LogP contribution < -0.4 is 9.64 Å². The molecule has 116 valence electrons. The summed E-state index contributed by atoms with van der Waals surface area (Å²) >= 11 is 1.65. The van der Waals surface area contributed by atoms with E-state index < -0.39 is 0 Å². The van der Waals surface area contributed by atoms with Gasteiger partial charge in [0.05, 0.1) is 17.3 Å². The van der Waals surface area contributed by atoms with Crippen LogP contribution in [0.25, 0.3) is 20.8 Å². The highest BCUT2D eigenvalue weighted by molar-refractivity contribution is 7.21. The van der Waals surface area contributed by atoms with Gasteiger partial charge in [-0.25, -0.2) is 4.98 Å². The molecule has 0 radical (unpaired) electrons. The zero-order chi connectivity index (χ0) is 15.8. The van der Waals surface area contributed by atoms with Crippen LogP contribution in [0.1, 0.15) is 12.8 Å². The number of fused-ring (bicyclic) bond motifs is 1. The quantitative estimate of drug-likeness (QED) is 0.728. The Labute approximate surface area is 138 Å². The summed E-state index contributed by atoms with van der Waals surface area (Å²) in [5, 5.41) is 0.979. The molecule has 4 rings (SSSR count). The van der Waals surface area contributed by atoms with Crippen LogP contribution in [0, 0.1) is 0 Å². The van der Waals surface area contributed by atoms with Gasteiger partial charge in [0, 0.05) is 24.2 Å². The number of ether oxygens (including phenoxy) is 1. The highest BCUT2D eigenvalue weighted by Gasteiger charge is 2.21. The van der Waals surface area contributed by atoms with Gasteiger partial charge >= 0.3 is 0 Å². The normalized spacial score (nSPS) is 14.7. The average Bonchev–Trinajstić information content (AvgIpc) is 3.20. The number of aromatic nitrogens is 1. The van der Waals surface area contributed by atoms with Crippen LogP contribution in [0.15, 0.2) is 42.5 Å². The minimum absolute atomic E-state index is 0.213. The van der Waals surface area contributed by atoms with Crippen molar-refractivity contribution in [2.24, 2.45) is 0 Å². The fourth-order valence-electron chi connectivity index (χ4n) is 2.86. The molecule has 0 atom stereocenters. The maximum atomic E-state index is 11.8. The molecule has 1 amide bonds. The Morgan fingerprint density at radius 1 is 1.17 bits per heavy atom. The van der Waals surface area contributed by atoms with E-state index in [1.807, 2.05) is 47.4 Å². The van der Waals surface area contributed by atoms with Crippen LogP contribution in [-0.2, 0) is 4.79 Å². The lowest BCUT2D eigenvalue weighted by molar-refractivity contribution is -0.117. The Bertz CT molecular complexity index is 870. The molecule has 1 fully saturated rings. The van der Waals surface area contributed by atoms with E-state index in [0.717, 1.165) is 45.2 Å². The highest BCUT2D eigenvalue weighted by atomic mass is 32.1. The van der Waals surface area contributed by atoms with E-state index >= 15 is 0 Å². The lowest BCUT2D eigenvalue weighted by Gasteiger charge is -2.15. The molecule has 0 N–H and O–H groups in total. The van der Waals surface area contributed by atoms with Crippen LogP contribution in [0.5, 0.6) is 5.75 Å². The molecule has 3 aromatic rings. The SMILES string of the molecule is COc1ccc2nc(-c3ccc(N4CCCC4=O)cc3)sc2c1. The van der Waals surface area contributed by atoms with Crippen molar-refractivity contribution in [3.8, 4) is 16.3 Å². The minimum atomic E-state index is 0.213. The monoisotopic (exact) mass is 324 g/mol. The molecule has 1 aromatic heterocycles. The zero-order valence-electron chi connectivity index (χ0n) is 12.8. The third kappa shape index (κ3) is 2.57. The Hall–Kier alpha value is -2.40. The van der Waals surface area contributed by atoms with Gasteiger partial charge in [-0.1, -0.05) is 0 Å². The van der Waals surface area contributed by atoms with Gasteiger partial charge in [0.15, 0.2) is 0 Å². The maximum Gasteiger partial charge on any atom is 0.227 e. The summed E-state index contributed by atoms with van der Waals surface area (Å²) in [5.74, 6) is 1.06. The molecule has 23 heavy (non-hydrogen) atoms. The van der Waals surface area contributed by atoms with Crippen LogP contribution in [-0.4, -0.2) is 24.5 Å². The topological polar surface area (TPSA) is 42.4 Å². The molecule has 5 heteroatoms. The summed E-state index contributed by atoms with van der Waals surface area (Å²) in [7, 11) is 1.67. The van der Waals surface area contributed by atoms with Gasteiger partial charge < -0.3 is 9.64 Å². The molecule has 0 saturated carbocycles. The highest BCUT2D eigenvalue weighted by Crippen LogP contribution is 2.33. The molecule has 2 heterocycles. The molecule has 1 aliphatic heterocycles. The average molecular weight is 324 g/mol. The standard InChI is InChI=1S/C18H16N2O2S/c1-22-14-8-9-15-16(11-14)23-18(19-15)12-4-6-13(7-5-12)20-10-2-3-17(20)21/h4-9,11H,2-3,10H2,1H3. The fourth-order valence-corrected chi connectivity index (χ4v) is 3.86. The lowest BCUT2D eigenvalue weighted by Crippen LogP contribution is -2.23. The van der Waals surface area contributed by atoms with E-state index in [2.05, 4.69) is 4.98 Å². The number of rotatable bonds is 3. The number of carbonyl (C=O) groups is 1. The molecule has 2 aromatic carbocycles. The van der Waals surface area contributed by atoms with Gasteiger partial charge in [-0.15, -0.1) is 11.3 Å². The second-order valence-electron chi connectivity index (χ2n) is 5.55. The van der Waals surface area contributed by atoms with Crippen LogP contribution >= 0.6 is 11.3 Å². The molecular formula is C18H16N2O2S. The van der Waals surface area contributed by atoms with E-state index in [0.29, 0.717) is 6.42 Å². The summed E-state index contributed by atoms with van der Waals surface area (Å²) < 4.78 is 6.37. The molecule has 0 bridgehead atoms. The van der Waals surface area contributed by atoms with Crippen molar-refractivity contribution in [3.05, 3.63) is 42.5 Å². The molecule has 1 saturated heterocycles. The first-order valence-corrected chi connectivity index (χ1v) is 8.41. The van der Waals surface area contributed by atoms with Crippen molar-refractivity contribution < 1.29 is 9.53 Å². The second kappa shape index (κ2) is 5.66. The molecule has 0 aliphatic carbocycles. The Balaban J connectivity index is 1.66. The Morgan fingerprint density at radius 2 is 2.00 bits per heavy atom. The van der Waals surface area contributed by atoms with Crippen molar-refractivity contribution in [1.29, 1.82) is 0 Å². The smallest absolute Gasteiger partial charge is 0.227 e. The number of carbonyl (C=O) groups excluding carboxylic acids is 1. The summed E-state index contributed by atoms with van der Waals surface area (Å²) in [4.78, 5) is 18.3. The van der Waals surface area contributed by atoms with E-state index in [1.165, 1.54) is 0 Å². The number of nitrogens with zero attached hydrogens (tertiary/aromatic N) is 2. The van der Waals surface area contributed by atoms with E-state index in [-0.39, 0.29) is 5.91 Å². The van der Waals surface area contributed by atoms with E-state index in [4.69, 9.17) is 4.74 Å². The number of anilines is 1. The number of amides is 1. The summed E-state index contributed by atoms with van der Waals surface area (Å²) in [6.45, 7) is 0.819. The third-order valence-corrected chi connectivity index (χ3v) is 5.16. The van der Waals surface area contributed by atoms with Crippen molar-refractivity contribution in [1.82, 2.24) is 4.98 Å². The summed E-state index contributed by atoms with van der Waals surface area (Å²) in [6.07, 6.45) is 1.60. The predicted molar refractivity (Wildman–Crippen MR) is 93.2 cm³/mol. The third-order valence-electron chi connectivity index (χ3n) is 4.09. The Kier molecular flexibility index (Phi) is 3.50. The van der Waals surface area contributed by atoms with Crippen molar-refractivity contribution in [2.45, 2.75) is 12.8 Å².